The second kappa shape index (κ2) is 33.2. The number of rotatable bonds is 35. The second-order valence-corrected chi connectivity index (χ2v) is 26.8. The lowest BCUT2D eigenvalue weighted by Gasteiger charge is -2.51. The van der Waals surface area contributed by atoms with Crippen molar-refractivity contribution in [2.75, 3.05) is 76.7 Å². The van der Waals surface area contributed by atoms with Gasteiger partial charge >= 0.3 is 84.7 Å². The summed E-state index contributed by atoms with van der Waals surface area (Å²) in [5.41, 5.74) is 0. The van der Waals surface area contributed by atoms with Gasteiger partial charge in [-0.3, -0.25) is 31.9 Å². The maximum absolute atomic E-state index is 13.3. The van der Waals surface area contributed by atoms with E-state index in [1.165, 1.54) is 0 Å². The molecule has 5 aliphatic rings. The Morgan fingerprint density at radius 2 is 0.511 bits per heavy atom. The molecule has 5 rings (SSSR count). The maximum Gasteiger partial charge on any atom is 0.397 e. The van der Waals surface area contributed by atoms with E-state index in [1.54, 1.807) is 0 Å². The lowest BCUT2D eigenvalue weighted by molar-refractivity contribution is -0.388. The monoisotopic (exact) mass is 1530 g/mol. The first-order valence-electron chi connectivity index (χ1n) is 25.3. The summed E-state index contributed by atoms with van der Waals surface area (Å²) >= 11 is 0. The zero-order valence-corrected chi connectivity index (χ0v) is 54.5. The van der Waals surface area contributed by atoms with E-state index in [2.05, 4.69) is 20.9 Å². The van der Waals surface area contributed by atoms with Crippen LogP contribution in [0.15, 0.2) is 0 Å². The molecule has 49 nitrogen and oxygen atoms in total. The molecule has 56 heteroatoms. The average Bonchev–Trinajstić information content (AvgIpc) is 0.763. The first-order valence-corrected chi connectivity index (χ1v) is 34.9. The van der Waals surface area contributed by atoms with Crippen molar-refractivity contribution >= 4 is 84.7 Å². The minimum absolute atomic E-state index is 0.707. The van der Waals surface area contributed by atoms with Crippen molar-refractivity contribution in [3.8, 4) is 0 Å². The number of methoxy groups -OCH3 is 8. The van der Waals surface area contributed by atoms with Crippen LogP contribution in [-0.4, -0.2) is 343 Å². The molecule has 0 aliphatic carbocycles. The largest absolute Gasteiger partial charge is 0.479 e. The molecule has 0 bridgehead atoms. The quantitative estimate of drug-likeness (QED) is 0.0266. The van der Waals surface area contributed by atoms with Gasteiger partial charge in [0.1, 0.15) is 97.7 Å². The Bertz CT molecular complexity index is 3340. The highest BCUT2D eigenvalue weighted by atomic mass is 32.3. The molecule has 0 saturated carbocycles. The molecule has 0 amide bonds. The summed E-state index contributed by atoms with van der Waals surface area (Å²) < 4.78 is 366. The Morgan fingerprint density at radius 1 is 0.277 bits per heavy atom. The zero-order chi connectivity index (χ0) is 71.2. The van der Waals surface area contributed by atoms with Gasteiger partial charge in [-0.2, -0.15) is 58.9 Å². The minimum Gasteiger partial charge on any atom is -0.479 e. The van der Waals surface area contributed by atoms with Crippen LogP contribution in [0.2, 0.25) is 0 Å². The summed E-state index contributed by atoms with van der Waals surface area (Å²) in [6.07, 6.45) is -58.8. The van der Waals surface area contributed by atoms with Crippen LogP contribution in [0, 0.1) is 0 Å². The van der Waals surface area contributed by atoms with Gasteiger partial charge in [-0.1, -0.05) is 0 Å². The van der Waals surface area contributed by atoms with Crippen molar-refractivity contribution in [2.24, 2.45) is 0 Å². The smallest absolute Gasteiger partial charge is 0.397 e. The van der Waals surface area contributed by atoms with E-state index < -0.39 is 258 Å². The van der Waals surface area contributed by atoms with E-state index >= 15 is 0 Å². The Hall–Kier alpha value is -2.65. The van der Waals surface area contributed by atoms with E-state index in [9.17, 15) is 111 Å². The molecule has 9 N–H and O–H groups in total. The summed E-state index contributed by atoms with van der Waals surface area (Å²) in [7, 11) is -33.4. The number of aliphatic carboxylic acids is 2. The Labute approximate surface area is 533 Å². The summed E-state index contributed by atoms with van der Waals surface area (Å²) in [6.45, 7) is -4.33. The van der Waals surface area contributed by atoms with E-state index in [4.69, 9.17) is 88.9 Å². The van der Waals surface area contributed by atoms with Gasteiger partial charge in [0.15, 0.2) is 55.9 Å². The predicted octanol–water partition coefficient (Wildman–Crippen LogP) is -7.72. The highest BCUT2D eigenvalue weighted by Crippen LogP contribution is 2.41. The van der Waals surface area contributed by atoms with Crippen molar-refractivity contribution in [3.05, 3.63) is 0 Å². The number of carbonyl (C=O) groups is 2. The molecule has 25 atom stereocenters. The molecule has 0 aromatic heterocycles. The highest BCUT2D eigenvalue weighted by molar-refractivity contribution is 7.82. The lowest BCUT2D eigenvalue weighted by atomic mass is 9.94. The Balaban J connectivity index is 1.63. The Morgan fingerprint density at radius 3 is 0.777 bits per heavy atom. The third-order valence-electron chi connectivity index (χ3n) is 13.6. The third kappa shape index (κ3) is 22.7. The fourth-order valence-electron chi connectivity index (χ4n) is 10.2. The van der Waals surface area contributed by atoms with Crippen LogP contribution in [0.5, 0.6) is 0 Å². The molecule has 5 saturated heterocycles. The van der Waals surface area contributed by atoms with Crippen molar-refractivity contribution in [1.82, 2.24) is 0 Å². The summed E-state index contributed by atoms with van der Waals surface area (Å²) in [5, 5.41) is 21.4. The van der Waals surface area contributed by atoms with E-state index in [0.29, 0.717) is 14.2 Å². The summed E-state index contributed by atoms with van der Waals surface area (Å²) in [6, 6.07) is 0. The minimum atomic E-state index is -6.20. The van der Waals surface area contributed by atoms with E-state index in [-0.39, 0.29) is 0 Å². The number of hydrogen-bond acceptors (Lipinski definition) is 40. The predicted molar refractivity (Wildman–Crippen MR) is 279 cm³/mol. The van der Waals surface area contributed by atoms with Crippen LogP contribution in [0.3, 0.4) is 0 Å². The van der Waals surface area contributed by atoms with Gasteiger partial charge in [0, 0.05) is 56.9 Å². The molecule has 5 fully saturated rings. The van der Waals surface area contributed by atoms with E-state index in [1.807, 2.05) is 0 Å². The lowest BCUT2D eigenvalue weighted by Crippen LogP contribution is -2.70. The fourth-order valence-corrected chi connectivity index (χ4v) is 13.1. The molecule has 5 heterocycles. The SMILES string of the molecule is CO[C@H]1O[C@H](COS(=O)(=O)O)[C@@H](O[C@H]2O[C@@H](C(=O)O)[C@@H](O[C@H]3O[C@H](COS(=O)(=O)O)[C@@H](O[C@@H]4O[C@H](C(=O)O)[C@@H](O[C@H]5O[C@H](COS(=O)(=O)O)[C@@H](OC)[C@H](OC)[C@H]5OC)[C@H](OC)[C@H]4OC)[C@H](OS(=O)(=O)O)[C@H]3OS(=O)(=O)O)[C@H](OC)[C@H]2OC)[C@H](OS(=O)(=O)O)[C@H]1OS(=O)(=O)O. The molecule has 0 spiro atoms. The number of hydrogen-bond donors (Lipinski definition) is 9. The van der Waals surface area contributed by atoms with E-state index in [0.717, 1.165) is 42.7 Å². The molecule has 0 unspecified atom stereocenters. The van der Waals surface area contributed by atoms with Gasteiger partial charge in [-0.25, -0.2) is 38.9 Å². The molecule has 0 aromatic carbocycles. The molecular formula is C38H64O49S7. The van der Waals surface area contributed by atoms with Crippen molar-refractivity contribution in [2.45, 2.75) is 154 Å². The van der Waals surface area contributed by atoms with Gasteiger partial charge < -0.3 is 90.7 Å². The first kappa shape index (κ1) is 82.0. The van der Waals surface area contributed by atoms with Gasteiger partial charge in [0.05, 0.1) is 19.8 Å². The molecule has 0 radical (unpaired) electrons. The molecule has 5 aliphatic heterocycles. The molecule has 0 aromatic rings. The first-order chi connectivity index (χ1) is 43.2. The van der Waals surface area contributed by atoms with Crippen molar-refractivity contribution in [3.63, 3.8) is 0 Å². The number of carboxylic acid groups (broad SMARTS) is 2. The van der Waals surface area contributed by atoms with Crippen molar-refractivity contribution in [1.29, 1.82) is 0 Å². The van der Waals surface area contributed by atoms with Gasteiger partial charge in [-0.15, -0.1) is 0 Å². The summed E-state index contributed by atoms with van der Waals surface area (Å²) in [4.78, 5) is 26.6. The van der Waals surface area contributed by atoms with Crippen LogP contribution >= 0.6 is 0 Å². The fraction of sp³-hybridized carbons (Fsp3) is 0.947. The normalized spacial score (nSPS) is 37.6. The number of carboxylic acids is 2. The van der Waals surface area contributed by atoms with Crippen LogP contribution in [0.1, 0.15) is 0 Å². The highest BCUT2D eigenvalue weighted by Gasteiger charge is 2.62. The molecule has 552 valence electrons. The standard InChI is InChI=1S/C38H64O49S7/c1-64-15-12(9-72-88(43,44)45)76-35(27(68-5)18(15)65-2)80-21-19(66-3)28(69-6)37(82-25(21)32(39)40)79-17-14(11-74-90(49,50)51)77-38(31(87-94(61,62)63)24(17)85-92(55,56)57)81-22-20(67-4)29(70-7)36(83-26(22)33(41)42)78-16-13(10-73-89(46,47)48)75-34(71-8)30(86-93(58,59)60)23(16)84-91(52,53)54/h12-31,34-38H,9-11H2,1-8H3,(H,39,40)(H,41,42)(H,43,44,45)(H,46,47,48)(H,49,50,51)(H,52,53,54)(H,55,56,57)(H,58,59,60)(H,61,62,63)/t12-,13-,14-,15-,16-,17-,18+,19+,20+,21+,22+,23+,24+,25+,26-,27-,28-,29-,30-,31-,34+,35-,36+,37-,38-/m1/s1. The van der Waals surface area contributed by atoms with Crippen LogP contribution in [-0.2, 0) is 192 Å². The van der Waals surface area contributed by atoms with Crippen LogP contribution in [0.4, 0.5) is 0 Å². The molecule has 94 heavy (non-hydrogen) atoms. The summed E-state index contributed by atoms with van der Waals surface area (Å²) in [5.74, 6) is -4.28. The van der Waals surface area contributed by atoms with Gasteiger partial charge in [0.25, 0.3) is 0 Å². The number of ether oxygens (including phenoxy) is 17. The van der Waals surface area contributed by atoms with Gasteiger partial charge in [0.2, 0.25) is 0 Å². The third-order valence-corrected chi connectivity index (χ3v) is 16.8. The zero-order valence-electron chi connectivity index (χ0n) is 48.8. The van der Waals surface area contributed by atoms with Gasteiger partial charge in [-0.05, 0) is 0 Å². The Kier molecular flexibility index (Phi) is 29.0. The maximum atomic E-state index is 13.3. The molecular weight excluding hydrogens is 1460 g/mol. The van der Waals surface area contributed by atoms with Crippen LogP contribution in [0.25, 0.3) is 0 Å². The van der Waals surface area contributed by atoms with Crippen molar-refractivity contribution < 1.29 is 220 Å². The topological polar surface area (TPSA) is 677 Å². The second-order valence-electron chi connectivity index (χ2n) is 19.3. The average molecular weight is 1530 g/mol. The van der Waals surface area contributed by atoms with Crippen LogP contribution < -0.4 is 0 Å².